The molecule has 34 heavy (non-hydrogen) atoms. The van der Waals surface area contributed by atoms with Gasteiger partial charge in [-0.25, -0.2) is 18.1 Å². The zero-order valence-corrected chi connectivity index (χ0v) is 19.0. The Bertz CT molecular complexity index is 1470. The van der Waals surface area contributed by atoms with Crippen molar-refractivity contribution in [3.8, 4) is 0 Å². The van der Waals surface area contributed by atoms with Crippen molar-refractivity contribution in [3.05, 3.63) is 77.3 Å². The van der Waals surface area contributed by atoms with E-state index in [9.17, 15) is 23.4 Å². The molecule has 2 aromatic carbocycles. The van der Waals surface area contributed by atoms with Crippen LogP contribution in [0, 0.1) is 5.41 Å². The van der Waals surface area contributed by atoms with Gasteiger partial charge in [0.15, 0.2) is 0 Å². The number of imidazole rings is 1. The van der Waals surface area contributed by atoms with E-state index in [2.05, 4.69) is 14.7 Å². The summed E-state index contributed by atoms with van der Waals surface area (Å²) in [6.07, 6.45) is 0.271. The number of allylic oxidation sites excluding steroid dienone is 2. The predicted molar refractivity (Wildman–Crippen MR) is 129 cm³/mol. The summed E-state index contributed by atoms with van der Waals surface area (Å²) in [6, 6.07) is 13.6. The molecule has 0 amide bonds. The van der Waals surface area contributed by atoms with Gasteiger partial charge in [0, 0.05) is 17.6 Å². The highest BCUT2D eigenvalue weighted by atomic mass is 32.2. The second-order valence-corrected chi connectivity index (χ2v) is 10.2. The molecule has 1 aliphatic carbocycles. The zero-order valence-electron chi connectivity index (χ0n) is 18.2. The maximum atomic E-state index is 13.2. The highest BCUT2D eigenvalue weighted by molar-refractivity contribution is 7.91. The van der Waals surface area contributed by atoms with Crippen molar-refractivity contribution in [3.63, 3.8) is 0 Å². The Morgan fingerprint density at radius 3 is 2.59 bits per heavy atom. The van der Waals surface area contributed by atoms with Crippen molar-refractivity contribution in [1.82, 2.24) is 14.7 Å². The van der Waals surface area contributed by atoms with Gasteiger partial charge in [0.2, 0.25) is 10.0 Å². The molecule has 3 aromatic rings. The third kappa shape index (κ3) is 3.95. The molecule has 0 saturated carbocycles. The molecule has 4 rings (SSSR count). The van der Waals surface area contributed by atoms with Gasteiger partial charge in [0.1, 0.15) is 22.2 Å². The number of benzene rings is 2. The van der Waals surface area contributed by atoms with E-state index in [0.717, 1.165) is 0 Å². The maximum Gasteiger partial charge on any atom is 0.305 e. The van der Waals surface area contributed by atoms with Crippen molar-refractivity contribution < 1.29 is 23.4 Å². The van der Waals surface area contributed by atoms with Crippen LogP contribution in [0.25, 0.3) is 22.2 Å². The number of hydrogen-bond acceptors (Lipinski definition) is 6. The van der Waals surface area contributed by atoms with Gasteiger partial charge in [0.25, 0.3) is 0 Å². The van der Waals surface area contributed by atoms with Crippen LogP contribution in [0.15, 0.2) is 60.4 Å². The lowest BCUT2D eigenvalue weighted by atomic mass is 9.83. The minimum absolute atomic E-state index is 0.0609. The van der Waals surface area contributed by atoms with Crippen LogP contribution in [0.1, 0.15) is 29.8 Å². The van der Waals surface area contributed by atoms with E-state index in [0.29, 0.717) is 22.2 Å². The van der Waals surface area contributed by atoms with Gasteiger partial charge >= 0.3 is 5.97 Å². The highest BCUT2D eigenvalue weighted by Crippen LogP contribution is 2.44. The normalized spacial score (nSPS) is 18.7. The number of aromatic nitrogens is 2. The fraction of sp³-hybridized carbons (Fsp3) is 0.174. The number of nitrogen functional groups attached to an aromatic ring is 1. The molecule has 0 saturated heterocycles. The van der Waals surface area contributed by atoms with E-state index < -0.39 is 27.2 Å². The number of nitrogens with one attached hydrogen (secondary N) is 3. The highest BCUT2D eigenvalue weighted by Gasteiger charge is 2.48. The van der Waals surface area contributed by atoms with Crippen LogP contribution in [-0.4, -0.2) is 52.2 Å². The number of hydrogen-bond donors (Lipinski definition) is 6. The molecule has 1 atom stereocenters. The van der Waals surface area contributed by atoms with Crippen LogP contribution in [0.5, 0.6) is 0 Å². The average molecular weight is 482 g/mol. The molecular formula is C23H23N5O5S. The van der Waals surface area contributed by atoms with Gasteiger partial charge in [-0.2, -0.15) is 0 Å². The maximum absolute atomic E-state index is 13.2. The van der Waals surface area contributed by atoms with Crippen molar-refractivity contribution in [2.24, 2.45) is 5.73 Å². The third-order valence-corrected chi connectivity index (χ3v) is 7.86. The largest absolute Gasteiger partial charge is 0.507 e. The fourth-order valence-corrected chi connectivity index (χ4v) is 5.46. The number of carboxylic acid groups (broad SMARTS) is 1. The van der Waals surface area contributed by atoms with Gasteiger partial charge in [-0.05, 0) is 36.9 Å². The molecule has 0 bridgehead atoms. The Hall–Kier alpha value is -3.96. The van der Waals surface area contributed by atoms with Crippen molar-refractivity contribution in [1.29, 1.82) is 5.41 Å². The Morgan fingerprint density at radius 1 is 1.26 bits per heavy atom. The summed E-state index contributed by atoms with van der Waals surface area (Å²) < 4.78 is 26.7. The smallest absolute Gasteiger partial charge is 0.305 e. The lowest BCUT2D eigenvalue weighted by molar-refractivity contribution is -0.137. The number of sulfonamides is 1. The first-order valence-corrected chi connectivity index (χ1v) is 11.8. The molecule has 1 heterocycles. The van der Waals surface area contributed by atoms with Crippen LogP contribution in [0.2, 0.25) is 0 Å². The van der Waals surface area contributed by atoms with Crippen molar-refractivity contribution in [2.75, 3.05) is 7.05 Å². The molecule has 1 aliphatic rings. The zero-order chi connectivity index (χ0) is 24.7. The Kier molecular flexibility index (Phi) is 5.75. The molecule has 1 aromatic heterocycles. The number of nitrogens with zero attached hydrogens (tertiary/aromatic N) is 1. The van der Waals surface area contributed by atoms with E-state index in [-0.39, 0.29) is 35.0 Å². The number of aliphatic carboxylic acids is 1. The number of aliphatic hydroxyl groups excluding tert-OH is 1. The first-order chi connectivity index (χ1) is 16.1. The summed E-state index contributed by atoms with van der Waals surface area (Å²) in [5.74, 6) is -1.50. The third-order valence-electron chi connectivity index (χ3n) is 5.85. The number of carboxylic acids is 1. The van der Waals surface area contributed by atoms with E-state index in [1.165, 1.54) is 13.1 Å². The standard InChI is InChI=1S/C23H23N5O5S/c1-26-34(32,33)23(12-19(29)30)10-15(13-5-3-2-4-6-13)20(31)16(11-23)22-27-17-8-7-14(21(24)25)9-18(17)28-22/h2-9,11,26,31H,10,12H2,1H3,(H3,24,25)(H,27,28)(H,29,30). The second-order valence-electron chi connectivity index (χ2n) is 8.00. The van der Waals surface area contributed by atoms with Gasteiger partial charge in [-0.1, -0.05) is 30.3 Å². The Morgan fingerprint density at radius 2 is 1.97 bits per heavy atom. The minimum Gasteiger partial charge on any atom is -0.507 e. The molecule has 1 unspecified atom stereocenters. The number of carbonyl (C=O) groups is 1. The van der Waals surface area contributed by atoms with Crippen LogP contribution in [0.4, 0.5) is 0 Å². The summed E-state index contributed by atoms with van der Waals surface area (Å²) >= 11 is 0. The number of amidine groups is 1. The summed E-state index contributed by atoms with van der Waals surface area (Å²) in [5, 5.41) is 28.5. The van der Waals surface area contributed by atoms with E-state index in [1.54, 1.807) is 48.5 Å². The second kappa shape index (κ2) is 8.43. The summed E-state index contributed by atoms with van der Waals surface area (Å²) in [4.78, 5) is 19.3. The van der Waals surface area contributed by atoms with Crippen LogP contribution in [0.3, 0.4) is 0 Å². The number of aliphatic hydroxyl groups is 1. The van der Waals surface area contributed by atoms with Crippen LogP contribution in [-0.2, 0) is 14.8 Å². The summed E-state index contributed by atoms with van der Waals surface area (Å²) in [7, 11) is -2.95. The van der Waals surface area contributed by atoms with Gasteiger partial charge in [0.05, 0.1) is 23.0 Å². The molecule has 176 valence electrons. The Labute approximate surface area is 195 Å². The molecule has 10 nitrogen and oxygen atoms in total. The van der Waals surface area contributed by atoms with Gasteiger partial charge in [-0.3, -0.25) is 10.2 Å². The molecule has 0 spiro atoms. The molecule has 0 aliphatic heterocycles. The number of nitrogens with two attached hydrogens (primary N) is 1. The Balaban J connectivity index is 2.00. The lowest BCUT2D eigenvalue weighted by Gasteiger charge is -2.34. The first-order valence-electron chi connectivity index (χ1n) is 10.3. The van der Waals surface area contributed by atoms with E-state index in [1.807, 2.05) is 0 Å². The monoisotopic (exact) mass is 481 g/mol. The molecule has 7 N–H and O–H groups in total. The van der Waals surface area contributed by atoms with Gasteiger partial charge in [-0.15, -0.1) is 0 Å². The van der Waals surface area contributed by atoms with E-state index >= 15 is 0 Å². The number of fused-ring (bicyclic) bond motifs is 1. The van der Waals surface area contributed by atoms with Crippen molar-refractivity contribution in [2.45, 2.75) is 17.6 Å². The SMILES string of the molecule is CNS(=O)(=O)C1(CC(=O)O)C=C(c2nc3cc(C(=N)N)ccc3[nH]2)C(O)=C(c2ccccc2)C1. The van der Waals surface area contributed by atoms with E-state index in [4.69, 9.17) is 11.1 Å². The van der Waals surface area contributed by atoms with Crippen molar-refractivity contribution >= 4 is 44.0 Å². The molecule has 0 fully saturated rings. The fourth-order valence-electron chi connectivity index (χ4n) is 4.13. The topological polar surface area (TPSA) is 182 Å². The lowest BCUT2D eigenvalue weighted by Crippen LogP contribution is -2.46. The number of aromatic amines is 1. The summed E-state index contributed by atoms with van der Waals surface area (Å²) in [6.45, 7) is 0. The minimum atomic E-state index is -4.17. The van der Waals surface area contributed by atoms with Crippen LogP contribution >= 0.6 is 0 Å². The number of rotatable bonds is 7. The van der Waals surface area contributed by atoms with Crippen LogP contribution < -0.4 is 10.5 Å². The molecule has 11 heteroatoms. The molecule has 0 radical (unpaired) electrons. The first kappa shape index (κ1) is 23.2. The van der Waals surface area contributed by atoms with Gasteiger partial charge < -0.3 is 20.9 Å². The quantitative estimate of drug-likeness (QED) is 0.221. The predicted octanol–water partition coefficient (Wildman–Crippen LogP) is 2.37. The molecular weight excluding hydrogens is 458 g/mol. The number of H-pyrrole nitrogens is 1. The average Bonchev–Trinajstić information content (AvgIpc) is 3.23. The summed E-state index contributed by atoms with van der Waals surface area (Å²) in [5.41, 5.74) is 7.93.